The van der Waals surface area contributed by atoms with Crippen LogP contribution in [0.5, 0.6) is 0 Å². The van der Waals surface area contributed by atoms with Crippen molar-refractivity contribution in [2.45, 2.75) is 6.92 Å². The van der Waals surface area contributed by atoms with E-state index in [9.17, 15) is 4.79 Å². The van der Waals surface area contributed by atoms with Crippen LogP contribution >= 0.6 is 11.8 Å². The number of nitrogens with one attached hydrogen (secondary N) is 1. The molecule has 1 N–H and O–H groups in total. The molecule has 3 rings (SSSR count). The molecule has 18 heavy (non-hydrogen) atoms. The molecule has 0 aromatic heterocycles. The normalized spacial score (nSPS) is 17.8. The zero-order valence-electron chi connectivity index (χ0n) is 10.0. The number of fused-ring (bicyclic) bond motifs is 1. The SMILES string of the molecule is CC1=C(C(=O)Nc2ccccc2)SC2=NCCN21. The lowest BCUT2D eigenvalue weighted by molar-refractivity contribution is -0.112. The van der Waals surface area contributed by atoms with Crippen molar-refractivity contribution < 1.29 is 4.79 Å². The first-order chi connectivity index (χ1) is 8.75. The first-order valence-corrected chi connectivity index (χ1v) is 6.64. The highest BCUT2D eigenvalue weighted by molar-refractivity contribution is 8.18. The number of carbonyl (C=O) groups excluding carboxylic acids is 1. The average molecular weight is 259 g/mol. The first kappa shape index (κ1) is 11.3. The quantitative estimate of drug-likeness (QED) is 0.886. The Bertz CT molecular complexity index is 551. The number of benzene rings is 1. The minimum Gasteiger partial charge on any atom is -0.322 e. The third-order valence-electron chi connectivity index (χ3n) is 2.97. The van der Waals surface area contributed by atoms with Crippen LogP contribution < -0.4 is 5.32 Å². The number of carbonyl (C=O) groups is 1. The standard InChI is InChI=1S/C13H13N3OS/c1-9-11(18-13-14-7-8-16(9)13)12(17)15-10-5-3-2-4-6-10/h2-6H,7-8H2,1H3,(H,15,17). The fourth-order valence-electron chi connectivity index (χ4n) is 2.03. The van der Waals surface area contributed by atoms with E-state index in [1.165, 1.54) is 11.8 Å². The van der Waals surface area contributed by atoms with E-state index in [0.717, 1.165) is 34.5 Å². The van der Waals surface area contributed by atoms with Gasteiger partial charge in [0.15, 0.2) is 5.17 Å². The fourth-order valence-corrected chi connectivity index (χ4v) is 3.11. The van der Waals surface area contributed by atoms with Crippen LogP contribution in [0.15, 0.2) is 45.9 Å². The van der Waals surface area contributed by atoms with Gasteiger partial charge in [-0.25, -0.2) is 0 Å². The molecule has 4 nitrogen and oxygen atoms in total. The summed E-state index contributed by atoms with van der Waals surface area (Å²) < 4.78 is 0. The number of hydrogen-bond donors (Lipinski definition) is 1. The number of allylic oxidation sites excluding steroid dienone is 1. The number of anilines is 1. The number of hydrogen-bond acceptors (Lipinski definition) is 4. The summed E-state index contributed by atoms with van der Waals surface area (Å²) in [6.45, 7) is 3.68. The molecule has 0 atom stereocenters. The van der Waals surface area contributed by atoms with Crippen LogP contribution in [0.4, 0.5) is 5.69 Å². The van der Waals surface area contributed by atoms with Gasteiger partial charge >= 0.3 is 0 Å². The van der Waals surface area contributed by atoms with E-state index >= 15 is 0 Å². The highest BCUT2D eigenvalue weighted by atomic mass is 32.2. The molecule has 0 aliphatic carbocycles. The number of aliphatic imine (C=N–C) groups is 1. The summed E-state index contributed by atoms with van der Waals surface area (Å²) in [4.78, 5) is 19.4. The number of para-hydroxylation sites is 1. The minimum atomic E-state index is -0.0548. The van der Waals surface area contributed by atoms with Crippen molar-refractivity contribution in [3.8, 4) is 0 Å². The van der Waals surface area contributed by atoms with Crippen LogP contribution in [0.2, 0.25) is 0 Å². The van der Waals surface area contributed by atoms with Crippen molar-refractivity contribution in [3.63, 3.8) is 0 Å². The summed E-state index contributed by atoms with van der Waals surface area (Å²) in [7, 11) is 0. The molecule has 0 bridgehead atoms. The smallest absolute Gasteiger partial charge is 0.264 e. The molecule has 2 heterocycles. The van der Waals surface area contributed by atoms with E-state index < -0.39 is 0 Å². The Balaban J connectivity index is 1.78. The maximum atomic E-state index is 12.2. The maximum absolute atomic E-state index is 12.2. The molecule has 0 spiro atoms. The Hall–Kier alpha value is -1.75. The summed E-state index contributed by atoms with van der Waals surface area (Å²) in [5, 5.41) is 3.85. The summed E-state index contributed by atoms with van der Waals surface area (Å²) in [5.74, 6) is -0.0548. The van der Waals surface area contributed by atoms with E-state index in [1.807, 2.05) is 37.3 Å². The van der Waals surface area contributed by atoms with Crippen LogP contribution in [0.3, 0.4) is 0 Å². The molecule has 0 saturated heterocycles. The maximum Gasteiger partial charge on any atom is 0.264 e. The monoisotopic (exact) mass is 259 g/mol. The molecule has 0 saturated carbocycles. The van der Waals surface area contributed by atoms with Gasteiger partial charge in [-0.15, -0.1) is 0 Å². The van der Waals surface area contributed by atoms with Crippen LogP contribution in [-0.2, 0) is 4.79 Å². The summed E-state index contributed by atoms with van der Waals surface area (Å²) in [5.41, 5.74) is 1.82. The largest absolute Gasteiger partial charge is 0.322 e. The average Bonchev–Trinajstić information content (AvgIpc) is 2.94. The van der Waals surface area contributed by atoms with Crippen molar-refractivity contribution in [1.29, 1.82) is 0 Å². The minimum absolute atomic E-state index is 0.0548. The number of amidine groups is 1. The number of thioether (sulfide) groups is 1. The van der Waals surface area contributed by atoms with Crippen molar-refractivity contribution in [2.24, 2.45) is 4.99 Å². The molecule has 2 aliphatic rings. The molecular formula is C13H13N3OS. The Morgan fingerprint density at radius 3 is 2.89 bits per heavy atom. The molecule has 0 radical (unpaired) electrons. The van der Waals surface area contributed by atoms with Crippen LogP contribution in [-0.4, -0.2) is 29.1 Å². The molecule has 0 unspecified atom stereocenters. The van der Waals surface area contributed by atoms with Crippen LogP contribution in [0, 0.1) is 0 Å². The molecule has 1 aromatic carbocycles. The van der Waals surface area contributed by atoms with E-state index in [4.69, 9.17) is 0 Å². The van der Waals surface area contributed by atoms with E-state index in [2.05, 4.69) is 15.2 Å². The van der Waals surface area contributed by atoms with Crippen LogP contribution in [0.25, 0.3) is 0 Å². The highest BCUT2D eigenvalue weighted by Crippen LogP contribution is 2.36. The zero-order chi connectivity index (χ0) is 12.5. The zero-order valence-corrected chi connectivity index (χ0v) is 10.8. The highest BCUT2D eigenvalue weighted by Gasteiger charge is 2.32. The van der Waals surface area contributed by atoms with Gasteiger partial charge in [0.1, 0.15) is 0 Å². The van der Waals surface area contributed by atoms with Crippen molar-refractivity contribution in [3.05, 3.63) is 40.9 Å². The molecule has 2 aliphatic heterocycles. The third-order valence-corrected chi connectivity index (χ3v) is 4.18. The molecule has 0 fully saturated rings. The van der Waals surface area contributed by atoms with E-state index in [-0.39, 0.29) is 5.91 Å². The van der Waals surface area contributed by atoms with Gasteiger partial charge in [-0.05, 0) is 30.8 Å². The van der Waals surface area contributed by atoms with Crippen molar-refractivity contribution in [2.75, 3.05) is 18.4 Å². The molecular weight excluding hydrogens is 246 g/mol. The predicted molar refractivity (Wildman–Crippen MR) is 74.4 cm³/mol. The molecule has 92 valence electrons. The lowest BCUT2D eigenvalue weighted by atomic mass is 10.3. The van der Waals surface area contributed by atoms with Gasteiger partial charge in [0.2, 0.25) is 0 Å². The second-order valence-electron chi connectivity index (χ2n) is 4.15. The van der Waals surface area contributed by atoms with Crippen molar-refractivity contribution >= 4 is 28.5 Å². The lowest BCUT2D eigenvalue weighted by Crippen LogP contribution is -2.20. The fraction of sp³-hybridized carbons (Fsp3) is 0.231. The summed E-state index contributed by atoms with van der Waals surface area (Å²) in [6.07, 6.45) is 0. The number of nitrogens with zero attached hydrogens (tertiary/aromatic N) is 2. The van der Waals surface area contributed by atoms with Gasteiger partial charge in [-0.3, -0.25) is 9.79 Å². The second kappa shape index (κ2) is 4.49. The van der Waals surface area contributed by atoms with Crippen molar-refractivity contribution in [1.82, 2.24) is 4.90 Å². The Morgan fingerprint density at radius 1 is 1.39 bits per heavy atom. The Labute approximate surface area is 110 Å². The Morgan fingerprint density at radius 2 is 2.17 bits per heavy atom. The van der Waals surface area contributed by atoms with Gasteiger partial charge in [0, 0.05) is 17.9 Å². The molecule has 5 heteroatoms. The molecule has 1 amide bonds. The van der Waals surface area contributed by atoms with E-state index in [1.54, 1.807) is 0 Å². The van der Waals surface area contributed by atoms with Gasteiger partial charge in [0.05, 0.1) is 11.4 Å². The summed E-state index contributed by atoms with van der Waals surface area (Å²) in [6, 6.07) is 9.50. The summed E-state index contributed by atoms with van der Waals surface area (Å²) >= 11 is 1.46. The predicted octanol–water partition coefficient (Wildman–Crippen LogP) is 2.28. The van der Waals surface area contributed by atoms with Gasteiger partial charge in [-0.1, -0.05) is 18.2 Å². The second-order valence-corrected chi connectivity index (χ2v) is 5.13. The Kier molecular flexibility index (Phi) is 2.83. The molecule has 1 aromatic rings. The lowest BCUT2D eigenvalue weighted by Gasteiger charge is -2.12. The topological polar surface area (TPSA) is 44.7 Å². The number of amides is 1. The van der Waals surface area contributed by atoms with Gasteiger partial charge < -0.3 is 10.2 Å². The van der Waals surface area contributed by atoms with Crippen LogP contribution in [0.1, 0.15) is 6.92 Å². The number of rotatable bonds is 2. The van der Waals surface area contributed by atoms with Gasteiger partial charge in [-0.2, -0.15) is 0 Å². The first-order valence-electron chi connectivity index (χ1n) is 5.83. The van der Waals surface area contributed by atoms with Gasteiger partial charge in [0.25, 0.3) is 5.91 Å². The van der Waals surface area contributed by atoms with E-state index in [0.29, 0.717) is 0 Å². The third kappa shape index (κ3) is 1.90.